The van der Waals surface area contributed by atoms with Crippen molar-refractivity contribution in [1.29, 1.82) is 5.26 Å². The first-order valence-electron chi connectivity index (χ1n) is 6.51. The van der Waals surface area contributed by atoms with Crippen LogP contribution in [0.1, 0.15) is 39.4 Å². The van der Waals surface area contributed by atoms with Gasteiger partial charge in [-0.3, -0.25) is 0 Å². The Morgan fingerprint density at radius 1 is 1.42 bits per heavy atom. The first-order valence-corrected chi connectivity index (χ1v) is 6.51. The summed E-state index contributed by atoms with van der Waals surface area (Å²) in [5.74, 6) is 7.76. The van der Waals surface area contributed by atoms with Crippen molar-refractivity contribution in [3.8, 4) is 6.07 Å². The second kappa shape index (κ2) is 6.90. The number of hydrogen-bond donors (Lipinski definition) is 2. The van der Waals surface area contributed by atoms with Crippen molar-refractivity contribution in [3.05, 3.63) is 11.9 Å². The highest BCUT2D eigenvalue weighted by atomic mass is 15.3. The lowest BCUT2D eigenvalue weighted by atomic mass is 10.2. The van der Waals surface area contributed by atoms with Crippen LogP contribution in [-0.4, -0.2) is 23.1 Å². The number of rotatable bonds is 6. The summed E-state index contributed by atoms with van der Waals surface area (Å²) in [6, 6.07) is 4.05. The van der Waals surface area contributed by atoms with Crippen LogP contribution in [0.3, 0.4) is 0 Å². The SMILES string of the molecule is CCN(CC(C)C#N)c1cc(NN)nc(C(C)C)n1. The maximum atomic E-state index is 8.93. The predicted molar refractivity (Wildman–Crippen MR) is 76.6 cm³/mol. The van der Waals surface area contributed by atoms with E-state index in [1.807, 2.05) is 27.7 Å². The van der Waals surface area contributed by atoms with Crippen LogP contribution in [-0.2, 0) is 0 Å². The van der Waals surface area contributed by atoms with E-state index in [1.54, 1.807) is 6.07 Å². The summed E-state index contributed by atoms with van der Waals surface area (Å²) in [5, 5.41) is 8.93. The molecule has 1 heterocycles. The third-order valence-corrected chi connectivity index (χ3v) is 2.81. The zero-order valence-corrected chi connectivity index (χ0v) is 12.0. The van der Waals surface area contributed by atoms with Gasteiger partial charge in [0.05, 0.1) is 12.0 Å². The molecule has 1 rings (SSSR count). The van der Waals surface area contributed by atoms with Crippen LogP contribution in [0.5, 0.6) is 0 Å². The highest BCUT2D eigenvalue weighted by Gasteiger charge is 2.14. The molecule has 1 unspecified atom stereocenters. The van der Waals surface area contributed by atoms with Gasteiger partial charge in [-0.15, -0.1) is 0 Å². The standard InChI is InChI=1S/C13H22N6/c1-5-19(8-10(4)7-14)12-6-11(18-15)16-13(17-12)9(2)3/h6,9-10H,5,8,15H2,1-4H3,(H,16,17,18). The highest BCUT2D eigenvalue weighted by Crippen LogP contribution is 2.20. The Morgan fingerprint density at radius 3 is 2.58 bits per heavy atom. The van der Waals surface area contributed by atoms with Crippen molar-refractivity contribution in [2.24, 2.45) is 11.8 Å². The average Bonchev–Trinajstić information content (AvgIpc) is 2.43. The smallest absolute Gasteiger partial charge is 0.145 e. The molecular formula is C13H22N6. The normalized spacial score (nSPS) is 12.1. The van der Waals surface area contributed by atoms with Crippen LogP contribution in [0.4, 0.5) is 11.6 Å². The Hall–Kier alpha value is -1.87. The lowest BCUT2D eigenvalue weighted by Gasteiger charge is -2.24. The van der Waals surface area contributed by atoms with Crippen LogP contribution < -0.4 is 16.2 Å². The number of nitrogens with one attached hydrogen (secondary N) is 1. The first-order chi connectivity index (χ1) is 9.01. The third kappa shape index (κ3) is 4.07. The van der Waals surface area contributed by atoms with E-state index < -0.39 is 0 Å². The zero-order chi connectivity index (χ0) is 14.4. The fraction of sp³-hybridized carbons (Fsp3) is 0.615. The van der Waals surface area contributed by atoms with Gasteiger partial charge in [0, 0.05) is 25.1 Å². The maximum absolute atomic E-state index is 8.93. The van der Waals surface area contributed by atoms with Gasteiger partial charge < -0.3 is 10.3 Å². The number of nitrogen functional groups attached to an aromatic ring is 1. The van der Waals surface area contributed by atoms with Crippen LogP contribution in [0, 0.1) is 17.2 Å². The lowest BCUT2D eigenvalue weighted by molar-refractivity contribution is 0.671. The molecule has 1 aromatic rings. The molecule has 1 aromatic heterocycles. The van der Waals surface area contributed by atoms with Gasteiger partial charge in [-0.2, -0.15) is 5.26 Å². The minimum Gasteiger partial charge on any atom is -0.355 e. The van der Waals surface area contributed by atoms with Gasteiger partial charge in [-0.25, -0.2) is 15.8 Å². The third-order valence-electron chi connectivity index (χ3n) is 2.81. The summed E-state index contributed by atoms with van der Waals surface area (Å²) in [5.41, 5.74) is 2.57. The number of aromatic nitrogens is 2. The lowest BCUT2D eigenvalue weighted by Crippen LogP contribution is -2.29. The minimum absolute atomic E-state index is 0.0494. The van der Waals surface area contributed by atoms with Crippen molar-refractivity contribution < 1.29 is 0 Å². The van der Waals surface area contributed by atoms with E-state index in [0.29, 0.717) is 12.4 Å². The second-order valence-corrected chi connectivity index (χ2v) is 4.84. The fourth-order valence-corrected chi connectivity index (χ4v) is 1.70. The van der Waals surface area contributed by atoms with Gasteiger partial charge >= 0.3 is 0 Å². The van der Waals surface area contributed by atoms with E-state index in [9.17, 15) is 0 Å². The largest absolute Gasteiger partial charge is 0.355 e. The van der Waals surface area contributed by atoms with Gasteiger partial charge in [0.25, 0.3) is 0 Å². The second-order valence-electron chi connectivity index (χ2n) is 4.84. The Labute approximate surface area is 114 Å². The molecule has 0 aliphatic carbocycles. The van der Waals surface area contributed by atoms with Gasteiger partial charge in [0.15, 0.2) is 0 Å². The van der Waals surface area contributed by atoms with E-state index in [-0.39, 0.29) is 11.8 Å². The Bertz CT molecular complexity index is 451. The van der Waals surface area contributed by atoms with Crippen LogP contribution >= 0.6 is 0 Å². The van der Waals surface area contributed by atoms with Crippen molar-refractivity contribution in [1.82, 2.24) is 9.97 Å². The Morgan fingerprint density at radius 2 is 2.11 bits per heavy atom. The van der Waals surface area contributed by atoms with E-state index in [1.165, 1.54) is 0 Å². The summed E-state index contributed by atoms with van der Waals surface area (Å²) in [6.07, 6.45) is 0. The van der Waals surface area contributed by atoms with Crippen LogP contribution in [0.25, 0.3) is 0 Å². The molecule has 1 atom stereocenters. The van der Waals surface area contributed by atoms with E-state index >= 15 is 0 Å². The van der Waals surface area contributed by atoms with Gasteiger partial charge in [-0.1, -0.05) is 13.8 Å². The molecule has 0 fully saturated rings. The van der Waals surface area contributed by atoms with E-state index in [4.69, 9.17) is 11.1 Å². The number of nitriles is 1. The molecule has 0 aliphatic heterocycles. The molecule has 0 aliphatic rings. The van der Waals surface area contributed by atoms with Crippen molar-refractivity contribution >= 4 is 11.6 Å². The number of nitrogens with zero attached hydrogens (tertiary/aromatic N) is 4. The van der Waals surface area contributed by atoms with Crippen molar-refractivity contribution in [2.45, 2.75) is 33.6 Å². The summed E-state index contributed by atoms with van der Waals surface area (Å²) < 4.78 is 0. The van der Waals surface area contributed by atoms with Gasteiger partial charge in [0.2, 0.25) is 0 Å². The number of anilines is 2. The van der Waals surface area contributed by atoms with E-state index in [0.717, 1.165) is 18.2 Å². The Balaban J connectivity index is 3.09. The molecule has 0 spiro atoms. The quantitative estimate of drug-likeness (QED) is 0.600. The number of hydrazine groups is 1. The number of nitrogens with two attached hydrogens (primary N) is 1. The molecule has 0 saturated heterocycles. The molecule has 0 bridgehead atoms. The number of hydrogen-bond acceptors (Lipinski definition) is 6. The average molecular weight is 262 g/mol. The maximum Gasteiger partial charge on any atom is 0.145 e. The molecule has 19 heavy (non-hydrogen) atoms. The topological polar surface area (TPSA) is 90.9 Å². The molecule has 3 N–H and O–H groups in total. The molecule has 0 amide bonds. The minimum atomic E-state index is -0.0494. The molecule has 0 aromatic carbocycles. The molecule has 104 valence electrons. The zero-order valence-electron chi connectivity index (χ0n) is 12.0. The van der Waals surface area contributed by atoms with E-state index in [2.05, 4.69) is 26.4 Å². The predicted octanol–water partition coefficient (Wildman–Crippen LogP) is 1.87. The van der Waals surface area contributed by atoms with Crippen LogP contribution in [0.2, 0.25) is 0 Å². The van der Waals surface area contributed by atoms with Gasteiger partial charge in [0.1, 0.15) is 17.5 Å². The Kier molecular flexibility index (Phi) is 5.52. The summed E-state index contributed by atoms with van der Waals surface area (Å²) in [4.78, 5) is 10.9. The van der Waals surface area contributed by atoms with Gasteiger partial charge in [-0.05, 0) is 13.8 Å². The summed E-state index contributed by atoms with van der Waals surface area (Å²) >= 11 is 0. The van der Waals surface area contributed by atoms with Crippen molar-refractivity contribution in [3.63, 3.8) is 0 Å². The fourth-order valence-electron chi connectivity index (χ4n) is 1.70. The molecule has 0 radical (unpaired) electrons. The highest BCUT2D eigenvalue weighted by molar-refractivity contribution is 5.49. The molecule has 6 nitrogen and oxygen atoms in total. The summed E-state index contributed by atoms with van der Waals surface area (Å²) in [6.45, 7) is 9.43. The molecule has 0 saturated carbocycles. The molecule has 6 heteroatoms. The van der Waals surface area contributed by atoms with Crippen LogP contribution in [0.15, 0.2) is 6.07 Å². The van der Waals surface area contributed by atoms with Crippen molar-refractivity contribution in [2.75, 3.05) is 23.4 Å². The molecular weight excluding hydrogens is 240 g/mol. The summed E-state index contributed by atoms with van der Waals surface area (Å²) in [7, 11) is 0. The first kappa shape index (κ1) is 15.2. The monoisotopic (exact) mass is 262 g/mol.